The minimum absolute atomic E-state index is 0.246. The number of halogens is 2. The summed E-state index contributed by atoms with van der Waals surface area (Å²) in [5, 5.41) is 3.00. The van der Waals surface area contributed by atoms with E-state index in [1.54, 1.807) is 30.3 Å². The van der Waals surface area contributed by atoms with Crippen LogP contribution in [0.25, 0.3) is 0 Å². The van der Waals surface area contributed by atoms with Crippen LogP contribution >= 0.6 is 23.2 Å². The molecule has 0 atom stereocenters. The number of carbonyl (C=O) groups is 2. The highest BCUT2D eigenvalue weighted by atomic mass is 35.5. The van der Waals surface area contributed by atoms with Crippen molar-refractivity contribution in [3.05, 3.63) is 63.0 Å². The Kier molecular flexibility index (Phi) is 5.78. The Labute approximate surface area is 141 Å². The van der Waals surface area contributed by atoms with Crippen molar-refractivity contribution in [2.75, 3.05) is 11.9 Å². The molecule has 2 aromatic rings. The number of nitrogens with one attached hydrogen (secondary N) is 1. The minimum atomic E-state index is -0.710. The lowest BCUT2D eigenvalue weighted by molar-refractivity contribution is -0.147. The van der Waals surface area contributed by atoms with E-state index < -0.39 is 18.5 Å². The lowest BCUT2D eigenvalue weighted by Gasteiger charge is -2.10. The number of carbonyl (C=O) groups excluding carboxylic acids is 2. The minimum Gasteiger partial charge on any atom is -0.454 e. The quantitative estimate of drug-likeness (QED) is 0.836. The van der Waals surface area contributed by atoms with Crippen molar-refractivity contribution in [3.63, 3.8) is 0 Å². The molecule has 1 N–H and O–H groups in total. The molecule has 0 unspecified atom stereocenters. The van der Waals surface area contributed by atoms with Crippen LogP contribution < -0.4 is 10.9 Å². The molecule has 0 fully saturated rings. The number of para-hydroxylation sites is 1. The Bertz CT molecular complexity index is 769. The monoisotopic (exact) mass is 354 g/mol. The summed E-state index contributed by atoms with van der Waals surface area (Å²) in [6.07, 6.45) is 1.45. The molecular weight excluding hydrogens is 343 g/mol. The number of esters is 1. The van der Waals surface area contributed by atoms with Gasteiger partial charge in [0.1, 0.15) is 6.54 Å². The first-order valence-electron chi connectivity index (χ1n) is 6.52. The van der Waals surface area contributed by atoms with Gasteiger partial charge in [-0.2, -0.15) is 0 Å². The Morgan fingerprint density at radius 1 is 1.09 bits per heavy atom. The summed E-state index contributed by atoms with van der Waals surface area (Å²) in [6.45, 7) is -0.790. The molecule has 120 valence electrons. The standard InChI is InChI=1S/C15H12Cl2N2O4/c16-10-4-3-5-11(17)15(10)18-12(20)9-23-14(22)8-19-7-2-1-6-13(19)21/h1-7H,8-9H2,(H,18,20). The van der Waals surface area contributed by atoms with Crippen LogP contribution in [0.1, 0.15) is 0 Å². The van der Waals surface area contributed by atoms with Gasteiger partial charge in [0.15, 0.2) is 6.61 Å². The number of pyridine rings is 1. The molecule has 1 aromatic carbocycles. The molecule has 1 amide bonds. The average Bonchev–Trinajstić information content (AvgIpc) is 2.51. The first kappa shape index (κ1) is 17.1. The molecule has 1 heterocycles. The second-order valence-electron chi connectivity index (χ2n) is 4.47. The highest BCUT2D eigenvalue weighted by Crippen LogP contribution is 2.29. The van der Waals surface area contributed by atoms with Crippen LogP contribution in [0.4, 0.5) is 5.69 Å². The number of hydrogen-bond donors (Lipinski definition) is 1. The summed E-state index contributed by atoms with van der Waals surface area (Å²) in [5.74, 6) is -1.30. The van der Waals surface area contributed by atoms with Gasteiger partial charge in [0.25, 0.3) is 11.5 Å². The van der Waals surface area contributed by atoms with Crippen LogP contribution in [0.5, 0.6) is 0 Å². The van der Waals surface area contributed by atoms with Gasteiger partial charge in [-0.05, 0) is 18.2 Å². The third-order valence-corrected chi connectivity index (χ3v) is 3.42. The Morgan fingerprint density at radius 2 is 1.78 bits per heavy atom. The fourth-order valence-electron chi connectivity index (χ4n) is 1.71. The van der Waals surface area contributed by atoms with Crippen LogP contribution in [0, 0.1) is 0 Å². The molecule has 0 aliphatic rings. The summed E-state index contributed by atoms with van der Waals surface area (Å²) in [7, 11) is 0. The van der Waals surface area contributed by atoms with E-state index in [2.05, 4.69) is 5.32 Å². The maximum atomic E-state index is 11.8. The van der Waals surface area contributed by atoms with E-state index in [0.717, 1.165) is 0 Å². The number of rotatable bonds is 5. The molecule has 0 spiro atoms. The fourth-order valence-corrected chi connectivity index (χ4v) is 2.21. The molecule has 0 bridgehead atoms. The van der Waals surface area contributed by atoms with Gasteiger partial charge >= 0.3 is 5.97 Å². The van der Waals surface area contributed by atoms with Crippen molar-refractivity contribution in [2.45, 2.75) is 6.54 Å². The van der Waals surface area contributed by atoms with Crippen molar-refractivity contribution in [1.29, 1.82) is 0 Å². The van der Waals surface area contributed by atoms with Crippen LogP contribution in [0.3, 0.4) is 0 Å². The van der Waals surface area contributed by atoms with E-state index in [1.807, 2.05) is 0 Å². The van der Waals surface area contributed by atoms with Crippen molar-refractivity contribution in [1.82, 2.24) is 4.57 Å². The van der Waals surface area contributed by atoms with Gasteiger partial charge in [-0.25, -0.2) is 0 Å². The molecule has 0 aliphatic heterocycles. The number of aromatic nitrogens is 1. The van der Waals surface area contributed by atoms with Crippen molar-refractivity contribution in [2.24, 2.45) is 0 Å². The first-order chi connectivity index (χ1) is 11.0. The zero-order valence-corrected chi connectivity index (χ0v) is 13.3. The summed E-state index contributed by atoms with van der Waals surface area (Å²) in [4.78, 5) is 34.9. The van der Waals surface area contributed by atoms with Gasteiger partial charge in [-0.3, -0.25) is 14.4 Å². The largest absolute Gasteiger partial charge is 0.454 e. The molecule has 6 nitrogen and oxygen atoms in total. The van der Waals surface area contributed by atoms with Crippen LogP contribution in [-0.2, 0) is 20.9 Å². The number of hydrogen-bond acceptors (Lipinski definition) is 4. The maximum Gasteiger partial charge on any atom is 0.326 e. The summed E-state index contributed by atoms with van der Waals surface area (Å²) >= 11 is 11.8. The van der Waals surface area contributed by atoms with Crippen LogP contribution in [-0.4, -0.2) is 23.1 Å². The molecule has 0 radical (unpaired) electrons. The van der Waals surface area contributed by atoms with Crippen LogP contribution in [0.15, 0.2) is 47.4 Å². The summed E-state index contributed by atoms with van der Waals surface area (Å²) in [5.41, 5.74) is -0.0899. The predicted octanol–water partition coefficient (Wildman–Crippen LogP) is 2.34. The van der Waals surface area contributed by atoms with E-state index in [-0.39, 0.29) is 27.8 Å². The Morgan fingerprint density at radius 3 is 2.43 bits per heavy atom. The average molecular weight is 355 g/mol. The van der Waals surface area contributed by atoms with Crippen molar-refractivity contribution in [3.8, 4) is 0 Å². The second-order valence-corrected chi connectivity index (χ2v) is 5.29. The van der Waals surface area contributed by atoms with Crippen molar-refractivity contribution >= 4 is 40.8 Å². The Balaban J connectivity index is 1.88. The molecular formula is C15H12Cl2N2O4. The van der Waals surface area contributed by atoms with Gasteiger partial charge in [-0.15, -0.1) is 0 Å². The number of anilines is 1. The molecule has 8 heteroatoms. The van der Waals surface area contributed by atoms with E-state index >= 15 is 0 Å². The SMILES string of the molecule is O=C(COC(=O)Cn1ccccc1=O)Nc1c(Cl)cccc1Cl. The summed E-state index contributed by atoms with van der Waals surface area (Å²) < 4.78 is 5.99. The topological polar surface area (TPSA) is 77.4 Å². The first-order valence-corrected chi connectivity index (χ1v) is 7.28. The molecule has 2 rings (SSSR count). The van der Waals surface area contributed by atoms with Gasteiger partial charge in [0.2, 0.25) is 0 Å². The third-order valence-electron chi connectivity index (χ3n) is 2.79. The molecule has 23 heavy (non-hydrogen) atoms. The Hall–Kier alpha value is -2.31. The molecule has 0 saturated carbocycles. The second kappa shape index (κ2) is 7.80. The maximum absolute atomic E-state index is 11.8. The smallest absolute Gasteiger partial charge is 0.326 e. The highest BCUT2D eigenvalue weighted by molar-refractivity contribution is 6.39. The van der Waals surface area contributed by atoms with E-state index in [4.69, 9.17) is 27.9 Å². The lowest BCUT2D eigenvalue weighted by atomic mass is 10.3. The summed E-state index contributed by atoms with van der Waals surface area (Å²) in [6, 6.07) is 9.26. The lowest BCUT2D eigenvalue weighted by Crippen LogP contribution is -2.27. The van der Waals surface area contributed by atoms with Crippen molar-refractivity contribution < 1.29 is 14.3 Å². The van der Waals surface area contributed by atoms with E-state index in [0.29, 0.717) is 0 Å². The molecule has 0 saturated heterocycles. The predicted molar refractivity (Wildman–Crippen MR) is 86.8 cm³/mol. The highest BCUT2D eigenvalue weighted by Gasteiger charge is 2.12. The number of nitrogens with zero attached hydrogens (tertiary/aromatic N) is 1. The molecule has 0 aliphatic carbocycles. The fraction of sp³-hybridized carbons (Fsp3) is 0.133. The van der Waals surface area contributed by atoms with E-state index in [9.17, 15) is 14.4 Å². The van der Waals surface area contributed by atoms with Gasteiger partial charge in [0.05, 0.1) is 15.7 Å². The third kappa shape index (κ3) is 4.84. The normalized spacial score (nSPS) is 10.2. The zero-order chi connectivity index (χ0) is 16.8. The van der Waals surface area contributed by atoms with Gasteiger partial charge in [0, 0.05) is 12.3 Å². The van der Waals surface area contributed by atoms with Crippen LogP contribution in [0.2, 0.25) is 10.0 Å². The zero-order valence-electron chi connectivity index (χ0n) is 11.8. The van der Waals surface area contributed by atoms with E-state index in [1.165, 1.54) is 16.8 Å². The van der Waals surface area contributed by atoms with Gasteiger partial charge in [-0.1, -0.05) is 35.3 Å². The number of amides is 1. The van der Waals surface area contributed by atoms with Gasteiger partial charge < -0.3 is 14.6 Å². The number of ether oxygens (including phenoxy) is 1. The number of benzene rings is 1. The molecule has 1 aromatic heterocycles.